The van der Waals surface area contributed by atoms with Crippen LogP contribution in [0.3, 0.4) is 0 Å². The van der Waals surface area contributed by atoms with Gasteiger partial charge in [0.15, 0.2) is 0 Å². The van der Waals surface area contributed by atoms with Crippen molar-refractivity contribution in [2.24, 2.45) is 15.2 Å². The van der Waals surface area contributed by atoms with E-state index in [1.54, 1.807) is 0 Å². The second-order valence-electron chi connectivity index (χ2n) is 5.29. The van der Waals surface area contributed by atoms with E-state index < -0.39 is 0 Å². The Balaban J connectivity index is 1.48. The van der Waals surface area contributed by atoms with E-state index in [1.165, 1.54) is 0 Å². The van der Waals surface area contributed by atoms with Gasteiger partial charge in [-0.15, -0.1) is 0 Å². The number of hydrogen-bond donors (Lipinski definition) is 1. The standard InChI is InChI=1S/C12H20N8/c1-3-15-18(6-1)11-2-7-19(16-11)12-14-5-9-20(12)17-8-4-13-10-17/h3,13H,1-2,4-10H2. The molecule has 0 bridgehead atoms. The molecule has 0 aromatic heterocycles. The SMILES string of the molecule is C1=NN(C2=NN(C3=NCCN3N3CCNC3)CC2)CC1. The van der Waals surface area contributed by atoms with E-state index >= 15 is 0 Å². The highest BCUT2D eigenvalue weighted by Gasteiger charge is 2.32. The lowest BCUT2D eigenvalue weighted by Crippen LogP contribution is -2.48. The minimum Gasteiger partial charge on any atom is -0.302 e. The van der Waals surface area contributed by atoms with Gasteiger partial charge >= 0.3 is 0 Å². The summed E-state index contributed by atoms with van der Waals surface area (Å²) in [4.78, 5) is 4.64. The van der Waals surface area contributed by atoms with Crippen LogP contribution in [0, 0.1) is 0 Å². The normalized spacial score (nSPS) is 26.9. The van der Waals surface area contributed by atoms with E-state index in [-0.39, 0.29) is 0 Å². The lowest BCUT2D eigenvalue weighted by atomic mass is 10.4. The maximum absolute atomic E-state index is 4.72. The van der Waals surface area contributed by atoms with E-state index in [0.29, 0.717) is 0 Å². The highest BCUT2D eigenvalue weighted by molar-refractivity contribution is 5.90. The predicted molar refractivity (Wildman–Crippen MR) is 77.2 cm³/mol. The molecule has 4 aliphatic heterocycles. The summed E-state index contributed by atoms with van der Waals surface area (Å²) in [6.07, 6.45) is 3.93. The average molecular weight is 276 g/mol. The maximum Gasteiger partial charge on any atom is 0.232 e. The van der Waals surface area contributed by atoms with Crippen molar-refractivity contribution in [1.82, 2.24) is 25.4 Å². The highest BCUT2D eigenvalue weighted by atomic mass is 15.8. The zero-order valence-electron chi connectivity index (χ0n) is 11.6. The first kappa shape index (κ1) is 12.1. The Bertz CT molecular complexity index is 464. The van der Waals surface area contributed by atoms with E-state index in [1.807, 2.05) is 16.2 Å². The van der Waals surface area contributed by atoms with Gasteiger partial charge in [-0.3, -0.25) is 5.01 Å². The molecule has 1 N–H and O–H groups in total. The molecule has 0 aromatic rings. The van der Waals surface area contributed by atoms with E-state index in [9.17, 15) is 0 Å². The summed E-state index contributed by atoms with van der Waals surface area (Å²) in [5, 5.41) is 21.1. The second kappa shape index (κ2) is 5.02. The summed E-state index contributed by atoms with van der Waals surface area (Å²) < 4.78 is 0. The molecule has 0 spiro atoms. The minimum atomic E-state index is 0.856. The maximum atomic E-state index is 4.72. The molecule has 0 aliphatic carbocycles. The van der Waals surface area contributed by atoms with Gasteiger partial charge in [0.25, 0.3) is 0 Å². The summed E-state index contributed by atoms with van der Waals surface area (Å²) in [6, 6.07) is 0. The van der Waals surface area contributed by atoms with Crippen LogP contribution in [0.5, 0.6) is 0 Å². The van der Waals surface area contributed by atoms with Gasteiger partial charge in [-0.1, -0.05) is 0 Å². The quantitative estimate of drug-likeness (QED) is 0.676. The Kier molecular flexibility index (Phi) is 3.04. The average Bonchev–Trinajstić information content (AvgIpc) is 3.23. The molecule has 108 valence electrons. The number of hydrogen-bond acceptors (Lipinski definition) is 8. The predicted octanol–water partition coefficient (Wildman–Crippen LogP) is -0.854. The van der Waals surface area contributed by atoms with Crippen LogP contribution in [0.25, 0.3) is 0 Å². The van der Waals surface area contributed by atoms with Gasteiger partial charge in [0, 0.05) is 38.7 Å². The molecule has 4 rings (SSSR count). The second-order valence-corrected chi connectivity index (χ2v) is 5.29. The molecule has 4 aliphatic rings. The molecule has 8 heteroatoms. The van der Waals surface area contributed by atoms with Crippen molar-refractivity contribution in [3.05, 3.63) is 0 Å². The molecule has 0 radical (unpaired) electrons. The van der Waals surface area contributed by atoms with Crippen LogP contribution in [0.15, 0.2) is 15.2 Å². The van der Waals surface area contributed by atoms with E-state index in [0.717, 1.165) is 70.6 Å². The highest BCUT2D eigenvalue weighted by Crippen LogP contribution is 2.18. The third kappa shape index (κ3) is 2.04. The molecule has 0 unspecified atom stereocenters. The van der Waals surface area contributed by atoms with Gasteiger partial charge in [0.05, 0.1) is 26.3 Å². The van der Waals surface area contributed by atoms with Gasteiger partial charge < -0.3 is 5.32 Å². The fourth-order valence-electron chi connectivity index (χ4n) is 2.97. The number of hydrazone groups is 2. The third-order valence-corrected chi connectivity index (χ3v) is 3.98. The Morgan fingerprint density at radius 3 is 2.90 bits per heavy atom. The van der Waals surface area contributed by atoms with Crippen molar-refractivity contribution in [1.29, 1.82) is 0 Å². The molecule has 1 fully saturated rings. The van der Waals surface area contributed by atoms with Crippen LogP contribution in [-0.2, 0) is 0 Å². The van der Waals surface area contributed by atoms with Gasteiger partial charge in [-0.2, -0.15) is 10.2 Å². The number of rotatable bonds is 1. The number of nitrogens with one attached hydrogen (secondary N) is 1. The molecule has 8 nitrogen and oxygen atoms in total. The van der Waals surface area contributed by atoms with Gasteiger partial charge in [0.1, 0.15) is 5.84 Å². The Morgan fingerprint density at radius 1 is 1.10 bits per heavy atom. The first-order valence-corrected chi connectivity index (χ1v) is 7.34. The number of guanidine groups is 1. The summed E-state index contributed by atoms with van der Waals surface area (Å²) >= 11 is 0. The summed E-state index contributed by atoms with van der Waals surface area (Å²) in [6.45, 7) is 6.66. The molecular formula is C12H20N8. The number of nitrogens with zero attached hydrogens (tertiary/aromatic N) is 7. The number of aliphatic imine (C=N–C) groups is 1. The molecule has 4 heterocycles. The third-order valence-electron chi connectivity index (χ3n) is 3.98. The summed E-state index contributed by atoms with van der Waals surface area (Å²) in [5.74, 6) is 2.06. The van der Waals surface area contributed by atoms with Crippen LogP contribution in [-0.4, -0.2) is 84.0 Å². The van der Waals surface area contributed by atoms with Gasteiger partial charge in [0.2, 0.25) is 5.96 Å². The Labute approximate surface area is 118 Å². The fourth-order valence-corrected chi connectivity index (χ4v) is 2.97. The molecule has 20 heavy (non-hydrogen) atoms. The molecule has 0 atom stereocenters. The van der Waals surface area contributed by atoms with Gasteiger partial charge in [-0.25, -0.2) is 20.0 Å². The van der Waals surface area contributed by atoms with Crippen molar-refractivity contribution in [3.63, 3.8) is 0 Å². The van der Waals surface area contributed by atoms with Crippen LogP contribution in [0.2, 0.25) is 0 Å². The van der Waals surface area contributed by atoms with Crippen LogP contribution in [0.1, 0.15) is 12.8 Å². The Hall–Kier alpha value is -1.67. The lowest BCUT2D eigenvalue weighted by molar-refractivity contribution is 0.0704. The summed E-state index contributed by atoms with van der Waals surface area (Å²) in [7, 11) is 0. The van der Waals surface area contributed by atoms with Crippen molar-refractivity contribution in [2.75, 3.05) is 45.9 Å². The van der Waals surface area contributed by atoms with Crippen molar-refractivity contribution < 1.29 is 0 Å². The fraction of sp³-hybridized carbons (Fsp3) is 0.750. The smallest absolute Gasteiger partial charge is 0.232 e. The van der Waals surface area contributed by atoms with Crippen molar-refractivity contribution in [3.8, 4) is 0 Å². The van der Waals surface area contributed by atoms with Crippen molar-refractivity contribution >= 4 is 18.0 Å². The van der Waals surface area contributed by atoms with E-state index in [2.05, 4.69) is 25.4 Å². The number of amidine groups is 1. The van der Waals surface area contributed by atoms with Crippen LogP contribution in [0.4, 0.5) is 0 Å². The molecule has 0 amide bonds. The first-order chi connectivity index (χ1) is 9.92. The molecule has 1 saturated heterocycles. The van der Waals surface area contributed by atoms with Gasteiger partial charge in [-0.05, 0) is 0 Å². The van der Waals surface area contributed by atoms with Crippen LogP contribution >= 0.6 is 0 Å². The zero-order valence-corrected chi connectivity index (χ0v) is 11.6. The molecule has 0 aromatic carbocycles. The first-order valence-electron chi connectivity index (χ1n) is 7.34. The monoisotopic (exact) mass is 276 g/mol. The Morgan fingerprint density at radius 2 is 2.10 bits per heavy atom. The lowest BCUT2D eigenvalue weighted by Gasteiger charge is -2.31. The summed E-state index contributed by atoms with van der Waals surface area (Å²) in [5.41, 5.74) is 0. The minimum absolute atomic E-state index is 0.856. The van der Waals surface area contributed by atoms with E-state index in [4.69, 9.17) is 5.10 Å². The molecular weight excluding hydrogens is 256 g/mol. The molecule has 0 saturated carbocycles. The van der Waals surface area contributed by atoms with Crippen molar-refractivity contribution in [2.45, 2.75) is 12.8 Å². The zero-order chi connectivity index (χ0) is 13.4. The topological polar surface area (TPSA) is 62.1 Å². The largest absolute Gasteiger partial charge is 0.302 e. The van der Waals surface area contributed by atoms with Crippen LogP contribution < -0.4 is 5.32 Å². The number of hydrazine groups is 1.